The SMILES string of the molecule is CC(C)(C)C(=O)OC1CC2CC(=O)CC1O2. The van der Waals surface area contributed by atoms with Crippen LogP contribution in [0.4, 0.5) is 0 Å². The van der Waals surface area contributed by atoms with Gasteiger partial charge in [0.2, 0.25) is 0 Å². The van der Waals surface area contributed by atoms with E-state index >= 15 is 0 Å². The minimum atomic E-state index is -0.499. The number of carbonyl (C=O) groups is 2. The van der Waals surface area contributed by atoms with Crippen LogP contribution < -0.4 is 0 Å². The summed E-state index contributed by atoms with van der Waals surface area (Å²) in [7, 11) is 0. The normalized spacial score (nSPS) is 33.9. The lowest BCUT2D eigenvalue weighted by Crippen LogP contribution is -2.34. The molecule has 0 N–H and O–H groups in total. The third-order valence-corrected chi connectivity index (χ3v) is 3.03. The Morgan fingerprint density at radius 1 is 1.38 bits per heavy atom. The van der Waals surface area contributed by atoms with E-state index in [4.69, 9.17) is 9.47 Å². The molecule has 4 nitrogen and oxygen atoms in total. The Kier molecular flexibility index (Phi) is 2.78. The molecular weight excluding hydrogens is 208 g/mol. The van der Waals surface area contributed by atoms with Crippen LogP contribution in [0.25, 0.3) is 0 Å². The van der Waals surface area contributed by atoms with Crippen molar-refractivity contribution in [2.24, 2.45) is 5.41 Å². The zero-order valence-electron chi connectivity index (χ0n) is 9.99. The lowest BCUT2D eigenvalue weighted by atomic mass is 9.97. The minimum absolute atomic E-state index is 0.0379. The van der Waals surface area contributed by atoms with Crippen LogP contribution in [0.3, 0.4) is 0 Å². The quantitative estimate of drug-likeness (QED) is 0.635. The van der Waals surface area contributed by atoms with Gasteiger partial charge in [0.15, 0.2) is 0 Å². The van der Waals surface area contributed by atoms with Crippen molar-refractivity contribution < 1.29 is 19.1 Å². The van der Waals surface area contributed by atoms with Crippen molar-refractivity contribution in [1.29, 1.82) is 0 Å². The highest BCUT2D eigenvalue weighted by Crippen LogP contribution is 2.33. The molecule has 3 atom stereocenters. The zero-order valence-corrected chi connectivity index (χ0v) is 9.99. The highest BCUT2D eigenvalue weighted by molar-refractivity contribution is 5.81. The number of ether oxygens (including phenoxy) is 2. The molecule has 2 heterocycles. The number of esters is 1. The Labute approximate surface area is 95.3 Å². The van der Waals surface area contributed by atoms with Crippen molar-refractivity contribution in [2.75, 3.05) is 0 Å². The van der Waals surface area contributed by atoms with Crippen LogP contribution >= 0.6 is 0 Å². The van der Waals surface area contributed by atoms with E-state index in [9.17, 15) is 9.59 Å². The first-order valence-electron chi connectivity index (χ1n) is 5.74. The molecule has 0 spiro atoms. The van der Waals surface area contributed by atoms with Crippen LogP contribution in [0.5, 0.6) is 0 Å². The fourth-order valence-corrected chi connectivity index (χ4v) is 2.11. The summed E-state index contributed by atoms with van der Waals surface area (Å²) in [6, 6.07) is 0. The standard InChI is InChI=1S/C12H18O4/c1-12(2,3)11(14)16-10-6-8-4-7(13)5-9(10)15-8/h8-10H,4-6H2,1-3H3. The summed E-state index contributed by atoms with van der Waals surface area (Å²) in [5, 5.41) is 0. The smallest absolute Gasteiger partial charge is 0.311 e. The number of rotatable bonds is 1. The minimum Gasteiger partial charge on any atom is -0.459 e. The molecule has 0 saturated carbocycles. The van der Waals surface area contributed by atoms with Gasteiger partial charge in [-0.15, -0.1) is 0 Å². The van der Waals surface area contributed by atoms with E-state index < -0.39 is 5.41 Å². The first-order valence-corrected chi connectivity index (χ1v) is 5.74. The summed E-state index contributed by atoms with van der Waals surface area (Å²) >= 11 is 0. The molecule has 0 aromatic rings. The van der Waals surface area contributed by atoms with E-state index in [0.717, 1.165) is 0 Å². The summed E-state index contributed by atoms with van der Waals surface area (Å²) in [4.78, 5) is 23.1. The van der Waals surface area contributed by atoms with Crippen LogP contribution in [0.15, 0.2) is 0 Å². The molecule has 2 fully saturated rings. The summed E-state index contributed by atoms with van der Waals surface area (Å²) in [6.45, 7) is 5.47. The van der Waals surface area contributed by atoms with Gasteiger partial charge in [-0.05, 0) is 20.8 Å². The van der Waals surface area contributed by atoms with Gasteiger partial charge in [-0.1, -0.05) is 0 Å². The molecule has 2 bridgehead atoms. The van der Waals surface area contributed by atoms with Crippen LogP contribution in [0, 0.1) is 5.41 Å². The van der Waals surface area contributed by atoms with E-state index in [0.29, 0.717) is 19.3 Å². The number of Topliss-reactive ketones (excluding diaryl/α,β-unsaturated/α-hetero) is 1. The summed E-state index contributed by atoms with van der Waals surface area (Å²) in [5.74, 6) is -0.00310. The van der Waals surface area contributed by atoms with E-state index in [2.05, 4.69) is 0 Å². The number of ketones is 1. The Morgan fingerprint density at radius 3 is 2.69 bits per heavy atom. The molecular formula is C12H18O4. The van der Waals surface area contributed by atoms with E-state index in [1.807, 2.05) is 20.8 Å². The lowest BCUT2D eigenvalue weighted by Gasteiger charge is -2.24. The molecule has 0 radical (unpaired) electrons. The number of hydrogen-bond donors (Lipinski definition) is 0. The second-order valence-corrected chi connectivity index (χ2v) is 5.67. The zero-order chi connectivity index (χ0) is 11.9. The van der Waals surface area contributed by atoms with Crippen molar-refractivity contribution in [2.45, 2.75) is 58.3 Å². The Morgan fingerprint density at radius 2 is 2.06 bits per heavy atom. The molecule has 2 saturated heterocycles. The summed E-state index contributed by atoms with van der Waals surface area (Å²) in [5.41, 5.74) is -0.499. The monoisotopic (exact) mass is 226 g/mol. The van der Waals surface area contributed by atoms with Gasteiger partial charge >= 0.3 is 5.97 Å². The van der Waals surface area contributed by atoms with Gasteiger partial charge in [0.05, 0.1) is 11.5 Å². The molecule has 2 aliphatic heterocycles. The van der Waals surface area contributed by atoms with Gasteiger partial charge in [-0.2, -0.15) is 0 Å². The van der Waals surface area contributed by atoms with Crippen molar-refractivity contribution in [1.82, 2.24) is 0 Å². The van der Waals surface area contributed by atoms with Gasteiger partial charge in [-0.25, -0.2) is 0 Å². The summed E-state index contributed by atoms with van der Waals surface area (Å²) in [6.07, 6.45) is 1.04. The van der Waals surface area contributed by atoms with Crippen molar-refractivity contribution in [3.05, 3.63) is 0 Å². The lowest BCUT2D eigenvalue weighted by molar-refractivity contribution is -0.162. The van der Waals surface area contributed by atoms with Gasteiger partial charge in [-0.3, -0.25) is 9.59 Å². The molecule has 2 aliphatic rings. The first-order chi connectivity index (χ1) is 7.36. The third kappa shape index (κ3) is 2.26. The van der Waals surface area contributed by atoms with Gasteiger partial charge in [0.1, 0.15) is 18.0 Å². The Balaban J connectivity index is 1.97. The molecule has 0 aromatic carbocycles. The molecule has 2 rings (SSSR count). The van der Waals surface area contributed by atoms with Crippen LogP contribution in [-0.2, 0) is 19.1 Å². The summed E-state index contributed by atoms with van der Waals surface area (Å²) < 4.78 is 11.0. The van der Waals surface area contributed by atoms with Crippen molar-refractivity contribution >= 4 is 11.8 Å². The van der Waals surface area contributed by atoms with E-state index in [1.54, 1.807) is 0 Å². The maximum absolute atomic E-state index is 11.7. The second kappa shape index (κ2) is 3.84. The van der Waals surface area contributed by atoms with Crippen molar-refractivity contribution in [3.8, 4) is 0 Å². The predicted octanol–water partition coefficient (Wildman–Crippen LogP) is 1.46. The van der Waals surface area contributed by atoms with E-state index in [1.165, 1.54) is 0 Å². The molecule has 0 amide bonds. The molecule has 90 valence electrons. The van der Waals surface area contributed by atoms with Crippen LogP contribution in [0.1, 0.15) is 40.0 Å². The average Bonchev–Trinajstić information content (AvgIpc) is 2.40. The highest BCUT2D eigenvalue weighted by atomic mass is 16.6. The van der Waals surface area contributed by atoms with Crippen LogP contribution in [-0.4, -0.2) is 30.1 Å². The molecule has 0 aromatic heterocycles. The number of carbonyl (C=O) groups excluding carboxylic acids is 2. The van der Waals surface area contributed by atoms with Gasteiger partial charge in [0, 0.05) is 19.3 Å². The first kappa shape index (κ1) is 11.6. The molecule has 16 heavy (non-hydrogen) atoms. The maximum Gasteiger partial charge on any atom is 0.311 e. The van der Waals surface area contributed by atoms with Gasteiger partial charge in [0.25, 0.3) is 0 Å². The van der Waals surface area contributed by atoms with E-state index in [-0.39, 0.29) is 30.1 Å². The maximum atomic E-state index is 11.7. The topological polar surface area (TPSA) is 52.6 Å². The molecule has 3 unspecified atom stereocenters. The predicted molar refractivity (Wildman–Crippen MR) is 56.9 cm³/mol. The molecule has 4 heteroatoms. The second-order valence-electron chi connectivity index (χ2n) is 5.67. The molecule has 0 aliphatic carbocycles. The number of hydrogen-bond acceptors (Lipinski definition) is 4. The average molecular weight is 226 g/mol. The van der Waals surface area contributed by atoms with Crippen molar-refractivity contribution in [3.63, 3.8) is 0 Å². The fraction of sp³-hybridized carbons (Fsp3) is 0.833. The van der Waals surface area contributed by atoms with Crippen LogP contribution in [0.2, 0.25) is 0 Å². The highest BCUT2D eigenvalue weighted by Gasteiger charge is 2.44. The fourth-order valence-electron chi connectivity index (χ4n) is 2.11. The largest absolute Gasteiger partial charge is 0.459 e. The number of fused-ring (bicyclic) bond motifs is 2. The Bertz CT molecular complexity index is 315. The Hall–Kier alpha value is -0.900. The van der Waals surface area contributed by atoms with Gasteiger partial charge < -0.3 is 9.47 Å². The third-order valence-electron chi connectivity index (χ3n) is 3.03.